The van der Waals surface area contributed by atoms with Crippen molar-refractivity contribution in [2.24, 2.45) is 0 Å². The van der Waals surface area contributed by atoms with Gasteiger partial charge >= 0.3 is 0 Å². The van der Waals surface area contributed by atoms with Crippen molar-refractivity contribution in [1.82, 2.24) is 4.90 Å². The lowest BCUT2D eigenvalue weighted by Crippen LogP contribution is -2.37. The summed E-state index contributed by atoms with van der Waals surface area (Å²) in [5.74, 6) is 1.71. The van der Waals surface area contributed by atoms with Gasteiger partial charge < -0.3 is 14.7 Å². The summed E-state index contributed by atoms with van der Waals surface area (Å²) in [5, 5.41) is 10.7. The number of hydrogen-bond donors (Lipinski definition) is 1. The van der Waals surface area contributed by atoms with Gasteiger partial charge in [0.25, 0.3) is 6.41 Å². The van der Waals surface area contributed by atoms with Crippen molar-refractivity contribution >= 4 is 7.28 Å². The molecular formula is C16H27BNO2. The first-order valence-corrected chi connectivity index (χ1v) is 8.26. The lowest BCUT2D eigenvalue weighted by atomic mass is 9.29. The number of aliphatic hydroxyl groups is 1. The van der Waals surface area contributed by atoms with Crippen molar-refractivity contribution in [2.45, 2.75) is 89.3 Å². The molecule has 4 heteroatoms. The first-order chi connectivity index (χ1) is 9.54. The third-order valence-corrected chi connectivity index (χ3v) is 5.42. The van der Waals surface area contributed by atoms with Crippen molar-refractivity contribution in [3.05, 3.63) is 11.5 Å². The molecule has 4 aliphatic rings. The van der Waals surface area contributed by atoms with Gasteiger partial charge in [0, 0.05) is 12.5 Å². The normalized spacial score (nSPS) is 37.1. The Morgan fingerprint density at radius 1 is 1.45 bits per heavy atom. The van der Waals surface area contributed by atoms with E-state index >= 15 is 0 Å². The second kappa shape index (κ2) is 5.29. The van der Waals surface area contributed by atoms with Crippen LogP contribution in [0.15, 0.2) is 11.5 Å². The Hall–Kier alpha value is -0.635. The topological polar surface area (TPSA) is 32.7 Å². The molecule has 3 nitrogen and oxygen atoms in total. The Morgan fingerprint density at radius 3 is 2.85 bits per heavy atom. The summed E-state index contributed by atoms with van der Waals surface area (Å²) in [6.45, 7) is 6.57. The number of nitrogens with zero attached hydrogens (tertiary/aromatic N) is 1. The van der Waals surface area contributed by atoms with Crippen molar-refractivity contribution < 1.29 is 9.84 Å². The zero-order valence-corrected chi connectivity index (χ0v) is 13.1. The predicted octanol–water partition coefficient (Wildman–Crippen LogP) is 3.64. The number of hydrogen-bond acceptors (Lipinski definition) is 3. The summed E-state index contributed by atoms with van der Waals surface area (Å²) in [5.41, 5.74) is 1.26. The molecule has 0 spiro atoms. The van der Waals surface area contributed by atoms with Crippen LogP contribution in [0.3, 0.4) is 0 Å². The highest BCUT2D eigenvalue weighted by molar-refractivity contribution is 6.46. The van der Waals surface area contributed by atoms with Crippen LogP contribution in [0.4, 0.5) is 0 Å². The molecule has 3 atom stereocenters. The van der Waals surface area contributed by atoms with E-state index in [1.807, 2.05) is 0 Å². The Labute approximate surface area is 123 Å². The molecule has 1 radical (unpaired) electrons. The van der Waals surface area contributed by atoms with E-state index in [0.29, 0.717) is 17.2 Å². The summed E-state index contributed by atoms with van der Waals surface area (Å²) in [4.78, 5) is 2.06. The van der Waals surface area contributed by atoms with Crippen LogP contribution >= 0.6 is 0 Å². The van der Waals surface area contributed by atoms with Crippen LogP contribution in [-0.4, -0.2) is 29.7 Å². The Balaban J connectivity index is 1.79. The summed E-state index contributed by atoms with van der Waals surface area (Å²) in [6, 6.07) is 0.292. The van der Waals surface area contributed by atoms with Crippen molar-refractivity contribution in [1.29, 1.82) is 0 Å². The molecule has 2 bridgehead atoms. The zero-order valence-electron chi connectivity index (χ0n) is 13.1. The number of aliphatic hydroxyl groups excluding tert-OH is 1. The van der Waals surface area contributed by atoms with E-state index in [1.165, 1.54) is 37.8 Å². The van der Waals surface area contributed by atoms with Crippen molar-refractivity contribution in [3.8, 4) is 0 Å². The van der Waals surface area contributed by atoms with E-state index in [4.69, 9.17) is 4.74 Å². The van der Waals surface area contributed by atoms with Crippen LogP contribution in [0.25, 0.3) is 0 Å². The van der Waals surface area contributed by atoms with Crippen LogP contribution in [0.1, 0.15) is 65.7 Å². The van der Waals surface area contributed by atoms with Gasteiger partial charge in [0.1, 0.15) is 13.0 Å². The minimum absolute atomic E-state index is 0.292. The quantitative estimate of drug-likeness (QED) is 0.781. The largest absolute Gasteiger partial charge is 0.449 e. The van der Waals surface area contributed by atoms with Gasteiger partial charge in [0.05, 0.1) is 5.70 Å². The molecule has 4 rings (SSSR count). The minimum atomic E-state index is -0.767. The van der Waals surface area contributed by atoms with Crippen LogP contribution in [0.2, 0.25) is 11.1 Å². The first-order valence-electron chi connectivity index (χ1n) is 8.26. The van der Waals surface area contributed by atoms with Crippen molar-refractivity contribution in [3.63, 3.8) is 0 Å². The summed E-state index contributed by atoms with van der Waals surface area (Å²) in [7, 11) is 2.57. The molecule has 0 aromatic heterocycles. The number of allylic oxidation sites excluding steroid dienone is 2. The molecular weight excluding hydrogens is 249 g/mol. The molecule has 3 unspecified atom stereocenters. The molecule has 111 valence electrons. The predicted molar refractivity (Wildman–Crippen MR) is 81.3 cm³/mol. The second-order valence-corrected chi connectivity index (χ2v) is 7.07. The molecule has 3 heterocycles. The Bertz CT molecular complexity index is 401. The smallest absolute Gasteiger partial charge is 0.281 e. The standard InChI is InChI=1S/C16H27BNO2/c1-4-16-8-6-5-7-13-14(9-12(10-16)17-16)20-15(19)18(13)11(2)3/h11-12,15,19H,4-10H2,1-3H3. The average molecular weight is 276 g/mol. The lowest BCUT2D eigenvalue weighted by Gasteiger charge is -2.48. The van der Waals surface area contributed by atoms with E-state index in [2.05, 4.69) is 33.0 Å². The second-order valence-electron chi connectivity index (χ2n) is 7.07. The molecule has 20 heavy (non-hydrogen) atoms. The summed E-state index contributed by atoms with van der Waals surface area (Å²) in [6.07, 6.45) is 7.69. The third-order valence-electron chi connectivity index (χ3n) is 5.42. The van der Waals surface area contributed by atoms with Crippen LogP contribution < -0.4 is 0 Å². The molecule has 0 aromatic carbocycles. The summed E-state index contributed by atoms with van der Waals surface area (Å²) >= 11 is 0. The Morgan fingerprint density at radius 2 is 2.20 bits per heavy atom. The van der Waals surface area contributed by atoms with E-state index in [-0.39, 0.29) is 0 Å². The van der Waals surface area contributed by atoms with E-state index in [0.717, 1.165) is 18.6 Å². The fourth-order valence-corrected chi connectivity index (χ4v) is 4.28. The SMILES string of the molecule is CCC12[B]C(CC3=C(CCCC1)N(C(C)C)C(O)O3)C2. The van der Waals surface area contributed by atoms with Gasteiger partial charge in [-0.2, -0.15) is 0 Å². The number of ether oxygens (including phenoxy) is 1. The van der Waals surface area contributed by atoms with Gasteiger partial charge in [-0.1, -0.05) is 43.7 Å². The van der Waals surface area contributed by atoms with Gasteiger partial charge in [0.2, 0.25) is 0 Å². The average Bonchev–Trinajstić information content (AvgIpc) is 2.67. The molecule has 1 aliphatic carbocycles. The Kier molecular flexibility index (Phi) is 3.78. The lowest BCUT2D eigenvalue weighted by molar-refractivity contribution is -0.140. The maximum atomic E-state index is 10.2. The highest BCUT2D eigenvalue weighted by atomic mass is 16.6. The maximum absolute atomic E-state index is 10.2. The van der Waals surface area contributed by atoms with Gasteiger partial charge in [0.15, 0.2) is 0 Å². The van der Waals surface area contributed by atoms with Crippen LogP contribution in [-0.2, 0) is 4.74 Å². The molecule has 3 aliphatic heterocycles. The molecule has 1 saturated heterocycles. The number of rotatable bonds is 2. The van der Waals surface area contributed by atoms with Gasteiger partial charge in [-0.05, 0) is 26.7 Å². The van der Waals surface area contributed by atoms with Gasteiger partial charge in [-0.15, -0.1) is 0 Å². The van der Waals surface area contributed by atoms with E-state index in [9.17, 15) is 5.11 Å². The molecule has 1 N–H and O–H groups in total. The van der Waals surface area contributed by atoms with Gasteiger partial charge in [-0.3, -0.25) is 0 Å². The summed E-state index contributed by atoms with van der Waals surface area (Å²) < 4.78 is 5.77. The highest BCUT2D eigenvalue weighted by Crippen LogP contribution is 2.58. The molecule has 0 amide bonds. The highest BCUT2D eigenvalue weighted by Gasteiger charge is 2.45. The maximum Gasteiger partial charge on any atom is 0.281 e. The first kappa shape index (κ1) is 14.3. The van der Waals surface area contributed by atoms with E-state index < -0.39 is 6.41 Å². The molecule has 1 fully saturated rings. The zero-order chi connectivity index (χ0) is 14.3. The van der Waals surface area contributed by atoms with E-state index in [1.54, 1.807) is 0 Å². The van der Waals surface area contributed by atoms with Crippen molar-refractivity contribution in [2.75, 3.05) is 0 Å². The van der Waals surface area contributed by atoms with Crippen LogP contribution in [0, 0.1) is 0 Å². The number of fused-ring (bicyclic) bond motifs is 3. The molecule has 0 aromatic rings. The third kappa shape index (κ3) is 2.36. The monoisotopic (exact) mass is 276 g/mol. The van der Waals surface area contributed by atoms with Gasteiger partial charge in [-0.25, -0.2) is 0 Å². The fourth-order valence-electron chi connectivity index (χ4n) is 4.28. The molecule has 0 saturated carbocycles. The fraction of sp³-hybridized carbons (Fsp3) is 0.875. The van der Waals surface area contributed by atoms with Crippen LogP contribution in [0.5, 0.6) is 0 Å². The minimum Gasteiger partial charge on any atom is -0.449 e.